The fraction of sp³-hybridized carbons (Fsp3) is 0.615. The minimum atomic E-state index is -0.541. The number of hydrogen-bond donors (Lipinski definition) is 1. The molecule has 7 nitrogen and oxygen atoms in total. The SMILES string of the molecule is C[C@@H]1CN(c2ccc(N)c([N+](=O)[O-])n2)C[C@H](C2CC2)O1. The fourth-order valence-electron chi connectivity index (χ4n) is 2.67. The Labute approximate surface area is 116 Å². The highest BCUT2D eigenvalue weighted by atomic mass is 16.6. The molecule has 0 spiro atoms. The third-order valence-corrected chi connectivity index (χ3v) is 3.82. The summed E-state index contributed by atoms with van der Waals surface area (Å²) in [6, 6.07) is 3.29. The average molecular weight is 278 g/mol. The van der Waals surface area contributed by atoms with Crippen molar-refractivity contribution in [2.24, 2.45) is 5.92 Å². The summed E-state index contributed by atoms with van der Waals surface area (Å²) >= 11 is 0. The molecule has 108 valence electrons. The number of nitrogens with two attached hydrogens (primary N) is 1. The zero-order valence-electron chi connectivity index (χ0n) is 11.4. The molecule has 2 fully saturated rings. The van der Waals surface area contributed by atoms with Crippen molar-refractivity contribution in [1.29, 1.82) is 0 Å². The van der Waals surface area contributed by atoms with Crippen LogP contribution in [0.2, 0.25) is 0 Å². The highest BCUT2D eigenvalue weighted by Crippen LogP contribution is 2.37. The van der Waals surface area contributed by atoms with E-state index in [-0.39, 0.29) is 23.7 Å². The molecular formula is C13H18N4O3. The van der Waals surface area contributed by atoms with Crippen molar-refractivity contribution in [3.05, 3.63) is 22.2 Å². The third kappa shape index (κ3) is 2.53. The summed E-state index contributed by atoms with van der Waals surface area (Å²) in [6.07, 6.45) is 2.73. The van der Waals surface area contributed by atoms with Crippen LogP contribution >= 0.6 is 0 Å². The van der Waals surface area contributed by atoms with Gasteiger partial charge in [-0.15, -0.1) is 0 Å². The van der Waals surface area contributed by atoms with Crippen LogP contribution in [0.4, 0.5) is 17.3 Å². The van der Waals surface area contributed by atoms with Crippen LogP contribution in [-0.4, -0.2) is 35.2 Å². The third-order valence-electron chi connectivity index (χ3n) is 3.82. The molecule has 2 N–H and O–H groups in total. The van der Waals surface area contributed by atoms with Gasteiger partial charge in [-0.3, -0.25) is 0 Å². The molecule has 1 aliphatic heterocycles. The summed E-state index contributed by atoms with van der Waals surface area (Å²) in [4.78, 5) is 16.5. The molecule has 2 atom stereocenters. The van der Waals surface area contributed by atoms with Crippen LogP contribution in [0.3, 0.4) is 0 Å². The molecule has 1 aromatic heterocycles. The van der Waals surface area contributed by atoms with Crippen LogP contribution in [0.15, 0.2) is 12.1 Å². The summed E-state index contributed by atoms with van der Waals surface area (Å²) in [7, 11) is 0. The highest BCUT2D eigenvalue weighted by molar-refractivity contribution is 5.58. The van der Waals surface area contributed by atoms with E-state index in [0.29, 0.717) is 18.3 Å². The Morgan fingerprint density at radius 3 is 2.85 bits per heavy atom. The Bertz CT molecular complexity index is 532. The van der Waals surface area contributed by atoms with Gasteiger partial charge >= 0.3 is 5.82 Å². The summed E-state index contributed by atoms with van der Waals surface area (Å²) in [5, 5.41) is 10.9. The van der Waals surface area contributed by atoms with Gasteiger partial charge in [-0.25, -0.2) is 0 Å². The first-order valence-corrected chi connectivity index (χ1v) is 6.86. The van der Waals surface area contributed by atoms with E-state index in [1.807, 2.05) is 6.92 Å². The van der Waals surface area contributed by atoms with Crippen LogP contribution in [0.5, 0.6) is 0 Å². The summed E-state index contributed by atoms with van der Waals surface area (Å²) in [5.74, 6) is 0.959. The number of hydrogen-bond acceptors (Lipinski definition) is 6. The summed E-state index contributed by atoms with van der Waals surface area (Å²) < 4.78 is 5.94. The number of morpholine rings is 1. The first kappa shape index (κ1) is 13.1. The van der Waals surface area contributed by atoms with E-state index in [0.717, 1.165) is 6.54 Å². The lowest BCUT2D eigenvalue weighted by Gasteiger charge is -2.36. The lowest BCUT2D eigenvalue weighted by atomic mass is 10.1. The number of nitro groups is 1. The molecule has 7 heteroatoms. The van der Waals surface area contributed by atoms with Crippen LogP contribution in [0, 0.1) is 16.0 Å². The minimum absolute atomic E-state index is 0.0961. The second kappa shape index (κ2) is 4.90. The summed E-state index contributed by atoms with van der Waals surface area (Å²) in [5.41, 5.74) is 5.68. The normalized spacial score (nSPS) is 26.6. The molecule has 0 unspecified atom stereocenters. The standard InChI is InChI=1S/C13H18N4O3/c1-8-6-16(7-11(20-8)9-2-3-9)12-5-4-10(14)13(15-12)17(18)19/h4-5,8-9,11H,2-3,6-7,14H2,1H3/t8-,11-/m1/s1. The molecule has 0 bridgehead atoms. The average Bonchev–Trinajstić information content (AvgIpc) is 3.22. The maximum Gasteiger partial charge on any atom is 0.388 e. The molecule has 2 aliphatic rings. The van der Waals surface area contributed by atoms with E-state index in [4.69, 9.17) is 10.5 Å². The van der Waals surface area contributed by atoms with Gasteiger partial charge in [-0.1, -0.05) is 0 Å². The van der Waals surface area contributed by atoms with E-state index in [9.17, 15) is 10.1 Å². The lowest BCUT2D eigenvalue weighted by Crippen LogP contribution is -2.47. The number of rotatable bonds is 3. The van der Waals surface area contributed by atoms with Gasteiger partial charge < -0.3 is 25.5 Å². The summed E-state index contributed by atoms with van der Waals surface area (Å²) in [6.45, 7) is 3.45. The van der Waals surface area contributed by atoms with Gasteiger partial charge in [0, 0.05) is 19.2 Å². The van der Waals surface area contributed by atoms with E-state index in [1.165, 1.54) is 12.8 Å². The minimum Gasteiger partial charge on any atom is -0.392 e. The van der Waals surface area contributed by atoms with E-state index in [2.05, 4.69) is 9.88 Å². The van der Waals surface area contributed by atoms with Crippen molar-refractivity contribution >= 4 is 17.3 Å². The van der Waals surface area contributed by atoms with Gasteiger partial charge in [0.05, 0.1) is 12.2 Å². The van der Waals surface area contributed by atoms with Crippen LogP contribution in [0.1, 0.15) is 19.8 Å². The van der Waals surface area contributed by atoms with Crippen molar-refractivity contribution in [3.63, 3.8) is 0 Å². The Hall–Kier alpha value is -1.89. The van der Waals surface area contributed by atoms with Gasteiger partial charge in [0.25, 0.3) is 0 Å². The molecular weight excluding hydrogens is 260 g/mol. The smallest absolute Gasteiger partial charge is 0.388 e. The molecule has 0 amide bonds. The molecule has 1 aliphatic carbocycles. The van der Waals surface area contributed by atoms with Gasteiger partial charge in [0.1, 0.15) is 5.69 Å². The number of anilines is 2. The predicted molar refractivity (Wildman–Crippen MR) is 74.6 cm³/mol. The Kier molecular flexibility index (Phi) is 3.21. The van der Waals surface area contributed by atoms with Crippen molar-refractivity contribution in [3.8, 4) is 0 Å². The van der Waals surface area contributed by atoms with Crippen LogP contribution in [-0.2, 0) is 4.74 Å². The zero-order valence-corrected chi connectivity index (χ0v) is 11.4. The molecule has 0 aromatic carbocycles. The van der Waals surface area contributed by atoms with E-state index in [1.54, 1.807) is 12.1 Å². The first-order chi connectivity index (χ1) is 9.54. The highest BCUT2D eigenvalue weighted by Gasteiger charge is 2.38. The second-order valence-corrected chi connectivity index (χ2v) is 5.57. The second-order valence-electron chi connectivity index (χ2n) is 5.57. The van der Waals surface area contributed by atoms with Crippen molar-refractivity contribution in [2.75, 3.05) is 23.7 Å². The number of pyridine rings is 1. The quantitative estimate of drug-likeness (QED) is 0.666. The monoisotopic (exact) mass is 278 g/mol. The van der Waals surface area contributed by atoms with Crippen LogP contribution < -0.4 is 10.6 Å². The van der Waals surface area contributed by atoms with Crippen molar-refractivity contribution in [1.82, 2.24) is 4.98 Å². The first-order valence-electron chi connectivity index (χ1n) is 6.86. The Morgan fingerprint density at radius 2 is 2.20 bits per heavy atom. The zero-order chi connectivity index (χ0) is 14.3. The molecule has 1 saturated carbocycles. The number of aromatic nitrogens is 1. The van der Waals surface area contributed by atoms with Gasteiger partial charge in [-0.2, -0.15) is 0 Å². The van der Waals surface area contributed by atoms with E-state index >= 15 is 0 Å². The maximum atomic E-state index is 10.9. The maximum absolute atomic E-state index is 10.9. The molecule has 20 heavy (non-hydrogen) atoms. The number of ether oxygens (including phenoxy) is 1. The Balaban J connectivity index is 1.83. The van der Waals surface area contributed by atoms with Crippen LogP contribution in [0.25, 0.3) is 0 Å². The van der Waals surface area contributed by atoms with Gasteiger partial charge in [-0.05, 0) is 41.7 Å². The topological polar surface area (TPSA) is 94.5 Å². The molecule has 3 rings (SSSR count). The van der Waals surface area contributed by atoms with Gasteiger partial charge in [0.15, 0.2) is 0 Å². The molecule has 1 saturated heterocycles. The number of nitrogen functional groups attached to an aromatic ring is 1. The molecule has 0 radical (unpaired) electrons. The number of nitrogens with zero attached hydrogens (tertiary/aromatic N) is 3. The molecule has 1 aromatic rings. The largest absolute Gasteiger partial charge is 0.392 e. The van der Waals surface area contributed by atoms with E-state index < -0.39 is 4.92 Å². The van der Waals surface area contributed by atoms with Crippen molar-refractivity contribution in [2.45, 2.75) is 32.0 Å². The van der Waals surface area contributed by atoms with Crippen molar-refractivity contribution < 1.29 is 9.66 Å². The van der Waals surface area contributed by atoms with Gasteiger partial charge in [0.2, 0.25) is 5.82 Å². The lowest BCUT2D eigenvalue weighted by molar-refractivity contribution is -0.388. The fourth-order valence-corrected chi connectivity index (χ4v) is 2.67. The molecule has 2 heterocycles. The Morgan fingerprint density at radius 1 is 1.45 bits per heavy atom. The predicted octanol–water partition coefficient (Wildman–Crippen LogP) is 1.58.